The van der Waals surface area contributed by atoms with Gasteiger partial charge in [0, 0.05) is 6.92 Å². The molecule has 0 amide bonds. The van der Waals surface area contributed by atoms with Crippen molar-refractivity contribution in [3.05, 3.63) is 0 Å². The fourth-order valence-electron chi connectivity index (χ4n) is 1.35. The Bertz CT molecular complexity index is 148. The van der Waals surface area contributed by atoms with Crippen molar-refractivity contribution in [1.29, 1.82) is 0 Å². The third-order valence-corrected chi connectivity index (χ3v) is 2.15. The second kappa shape index (κ2) is 3.24. The van der Waals surface area contributed by atoms with E-state index in [1.807, 2.05) is 0 Å². The molecule has 0 aromatic heterocycles. The summed E-state index contributed by atoms with van der Waals surface area (Å²) < 4.78 is 5.21. The number of hydrogen-bond acceptors (Lipinski definition) is 2. The highest BCUT2D eigenvalue weighted by molar-refractivity contribution is 5.66. The van der Waals surface area contributed by atoms with Crippen LogP contribution in [-0.4, -0.2) is 11.6 Å². The highest BCUT2D eigenvalue weighted by Gasteiger charge is 2.45. The summed E-state index contributed by atoms with van der Waals surface area (Å²) in [6.07, 6.45) is 5.57. The predicted molar refractivity (Wildman–Crippen MR) is 43.3 cm³/mol. The minimum atomic E-state index is -0.126. The standard InChI is InChI=1S/C9H16O2/c1-3-4-5-9(6-7-9)11-8(2)10/h3-7H2,1-2H3. The number of unbranched alkanes of at least 4 members (excludes halogenated alkanes) is 1. The van der Waals surface area contributed by atoms with Crippen LogP contribution in [0.3, 0.4) is 0 Å². The van der Waals surface area contributed by atoms with E-state index in [2.05, 4.69) is 6.92 Å². The van der Waals surface area contributed by atoms with Gasteiger partial charge in [-0.15, -0.1) is 0 Å². The zero-order valence-corrected chi connectivity index (χ0v) is 7.35. The van der Waals surface area contributed by atoms with E-state index in [1.165, 1.54) is 19.8 Å². The average Bonchev–Trinajstić information content (AvgIpc) is 2.64. The van der Waals surface area contributed by atoms with E-state index in [0.717, 1.165) is 19.3 Å². The van der Waals surface area contributed by atoms with Gasteiger partial charge < -0.3 is 4.74 Å². The Morgan fingerprint density at radius 2 is 2.18 bits per heavy atom. The summed E-state index contributed by atoms with van der Waals surface area (Å²) in [4.78, 5) is 10.6. The molecule has 0 atom stereocenters. The summed E-state index contributed by atoms with van der Waals surface area (Å²) in [5, 5.41) is 0. The number of rotatable bonds is 4. The third kappa shape index (κ3) is 2.52. The van der Waals surface area contributed by atoms with Crippen LogP contribution in [0.1, 0.15) is 46.0 Å². The second-order valence-electron chi connectivity index (χ2n) is 3.38. The van der Waals surface area contributed by atoms with Gasteiger partial charge >= 0.3 is 5.97 Å². The normalized spacial score (nSPS) is 19.5. The summed E-state index contributed by atoms with van der Waals surface area (Å²) in [6, 6.07) is 0. The highest BCUT2D eigenvalue weighted by Crippen LogP contribution is 2.43. The van der Waals surface area contributed by atoms with Gasteiger partial charge in [-0.25, -0.2) is 0 Å². The van der Waals surface area contributed by atoms with E-state index in [-0.39, 0.29) is 11.6 Å². The average molecular weight is 156 g/mol. The van der Waals surface area contributed by atoms with Crippen LogP contribution in [-0.2, 0) is 9.53 Å². The van der Waals surface area contributed by atoms with Gasteiger partial charge in [0.15, 0.2) is 0 Å². The monoisotopic (exact) mass is 156 g/mol. The zero-order valence-electron chi connectivity index (χ0n) is 7.35. The number of esters is 1. The van der Waals surface area contributed by atoms with Crippen LogP contribution < -0.4 is 0 Å². The summed E-state index contributed by atoms with van der Waals surface area (Å²) in [6.45, 7) is 3.65. The van der Waals surface area contributed by atoms with Gasteiger partial charge in [-0.3, -0.25) is 4.79 Å². The zero-order chi connectivity index (χ0) is 8.32. The van der Waals surface area contributed by atoms with Crippen LogP contribution in [0.5, 0.6) is 0 Å². The molecule has 0 N–H and O–H groups in total. The molecule has 1 aliphatic carbocycles. The van der Waals surface area contributed by atoms with Crippen LogP contribution in [0, 0.1) is 0 Å². The maximum Gasteiger partial charge on any atom is 0.303 e. The number of carbonyl (C=O) groups excluding carboxylic acids is 1. The van der Waals surface area contributed by atoms with Crippen molar-refractivity contribution < 1.29 is 9.53 Å². The molecule has 0 bridgehead atoms. The molecule has 2 heteroatoms. The van der Waals surface area contributed by atoms with Crippen molar-refractivity contribution in [3.8, 4) is 0 Å². The first-order valence-corrected chi connectivity index (χ1v) is 4.38. The maximum atomic E-state index is 10.6. The van der Waals surface area contributed by atoms with Gasteiger partial charge in [-0.2, -0.15) is 0 Å². The number of hydrogen-bond donors (Lipinski definition) is 0. The van der Waals surface area contributed by atoms with Crippen molar-refractivity contribution in [2.75, 3.05) is 0 Å². The lowest BCUT2D eigenvalue weighted by molar-refractivity contribution is -0.148. The molecule has 1 rings (SSSR count). The minimum absolute atomic E-state index is 0.0259. The summed E-state index contributed by atoms with van der Waals surface area (Å²) >= 11 is 0. The van der Waals surface area contributed by atoms with Crippen LogP contribution in [0.15, 0.2) is 0 Å². The topological polar surface area (TPSA) is 26.3 Å². The lowest BCUT2D eigenvalue weighted by Crippen LogP contribution is -2.17. The molecule has 1 aliphatic rings. The van der Waals surface area contributed by atoms with Crippen LogP contribution in [0.4, 0.5) is 0 Å². The largest absolute Gasteiger partial charge is 0.459 e. The third-order valence-electron chi connectivity index (χ3n) is 2.15. The maximum absolute atomic E-state index is 10.6. The number of carbonyl (C=O) groups is 1. The first-order valence-electron chi connectivity index (χ1n) is 4.38. The van der Waals surface area contributed by atoms with E-state index < -0.39 is 0 Å². The minimum Gasteiger partial charge on any atom is -0.459 e. The SMILES string of the molecule is CCCCC1(OC(C)=O)CC1. The van der Waals surface area contributed by atoms with Crippen molar-refractivity contribution in [1.82, 2.24) is 0 Å². The molecule has 0 aromatic rings. The van der Waals surface area contributed by atoms with Gasteiger partial charge in [0.05, 0.1) is 0 Å². The van der Waals surface area contributed by atoms with Crippen LogP contribution in [0.25, 0.3) is 0 Å². The fraction of sp³-hybridized carbons (Fsp3) is 0.889. The smallest absolute Gasteiger partial charge is 0.303 e. The molecule has 0 heterocycles. The molecule has 0 radical (unpaired) electrons. The molecule has 0 saturated heterocycles. The Kier molecular flexibility index (Phi) is 2.53. The van der Waals surface area contributed by atoms with Crippen molar-refractivity contribution in [2.45, 2.75) is 51.6 Å². The highest BCUT2D eigenvalue weighted by atomic mass is 16.6. The molecular formula is C9H16O2. The number of ether oxygens (including phenoxy) is 1. The van der Waals surface area contributed by atoms with E-state index >= 15 is 0 Å². The Labute approximate surface area is 67.9 Å². The Morgan fingerprint density at radius 3 is 2.55 bits per heavy atom. The van der Waals surface area contributed by atoms with Gasteiger partial charge in [0.2, 0.25) is 0 Å². The molecule has 11 heavy (non-hydrogen) atoms. The molecule has 64 valence electrons. The summed E-state index contributed by atoms with van der Waals surface area (Å²) in [5.74, 6) is -0.126. The Morgan fingerprint density at radius 1 is 1.55 bits per heavy atom. The van der Waals surface area contributed by atoms with Gasteiger partial charge in [-0.1, -0.05) is 13.3 Å². The fourth-order valence-corrected chi connectivity index (χ4v) is 1.35. The first-order chi connectivity index (χ1) is 5.18. The summed E-state index contributed by atoms with van der Waals surface area (Å²) in [7, 11) is 0. The Hall–Kier alpha value is -0.530. The van der Waals surface area contributed by atoms with Crippen LogP contribution in [0.2, 0.25) is 0 Å². The molecule has 0 aromatic carbocycles. The van der Waals surface area contributed by atoms with Crippen molar-refractivity contribution >= 4 is 5.97 Å². The lowest BCUT2D eigenvalue weighted by atomic mass is 10.1. The van der Waals surface area contributed by atoms with E-state index in [0.29, 0.717) is 0 Å². The van der Waals surface area contributed by atoms with Crippen molar-refractivity contribution in [3.63, 3.8) is 0 Å². The second-order valence-corrected chi connectivity index (χ2v) is 3.38. The van der Waals surface area contributed by atoms with Gasteiger partial charge in [-0.05, 0) is 25.7 Å². The summed E-state index contributed by atoms with van der Waals surface area (Å²) in [5.41, 5.74) is -0.0259. The first kappa shape index (κ1) is 8.57. The molecule has 0 unspecified atom stereocenters. The van der Waals surface area contributed by atoms with E-state index in [4.69, 9.17) is 4.74 Å². The predicted octanol–water partition coefficient (Wildman–Crippen LogP) is 2.27. The molecule has 0 aliphatic heterocycles. The van der Waals surface area contributed by atoms with Crippen molar-refractivity contribution in [2.24, 2.45) is 0 Å². The quantitative estimate of drug-likeness (QED) is 0.584. The molecule has 1 fully saturated rings. The van der Waals surface area contributed by atoms with E-state index in [9.17, 15) is 4.79 Å². The lowest BCUT2D eigenvalue weighted by Gasteiger charge is -2.14. The molecule has 1 saturated carbocycles. The molecular weight excluding hydrogens is 140 g/mol. The molecule has 2 nitrogen and oxygen atoms in total. The molecule has 0 spiro atoms. The van der Waals surface area contributed by atoms with Gasteiger partial charge in [0.25, 0.3) is 0 Å². The van der Waals surface area contributed by atoms with Gasteiger partial charge in [0.1, 0.15) is 5.60 Å². The Balaban J connectivity index is 2.23. The van der Waals surface area contributed by atoms with E-state index in [1.54, 1.807) is 0 Å². The van der Waals surface area contributed by atoms with Crippen LogP contribution >= 0.6 is 0 Å².